The van der Waals surface area contributed by atoms with Gasteiger partial charge in [-0.1, -0.05) is 12.1 Å². The Kier molecular flexibility index (Phi) is 9.09. The molecule has 0 saturated heterocycles. The van der Waals surface area contributed by atoms with Gasteiger partial charge < -0.3 is 24.3 Å². The summed E-state index contributed by atoms with van der Waals surface area (Å²) in [7, 11) is 0.446. The van der Waals surface area contributed by atoms with Crippen LogP contribution in [0.25, 0.3) is 0 Å². The van der Waals surface area contributed by atoms with E-state index in [9.17, 15) is 27.2 Å². The quantitative estimate of drug-likeness (QED) is 0.370. The summed E-state index contributed by atoms with van der Waals surface area (Å²) in [6.45, 7) is -0.867. The molecule has 11 nitrogen and oxygen atoms in total. The van der Waals surface area contributed by atoms with Gasteiger partial charge in [0.05, 0.1) is 50.1 Å². The molecule has 0 heterocycles. The van der Waals surface area contributed by atoms with Crippen LogP contribution < -0.4 is 19.1 Å². The second-order valence-electron chi connectivity index (χ2n) is 7.81. The van der Waals surface area contributed by atoms with Crippen LogP contribution >= 0.6 is 0 Å². The summed E-state index contributed by atoms with van der Waals surface area (Å²) in [6.07, 6.45) is 0. The van der Waals surface area contributed by atoms with Crippen molar-refractivity contribution in [1.82, 2.24) is 0 Å². The van der Waals surface area contributed by atoms with E-state index < -0.39 is 40.2 Å². The second-order valence-corrected chi connectivity index (χ2v) is 9.67. The SMILES string of the molecule is COC(=O)c1cc(NC(=O)CN(c2ccccc2F)S(=O)(=O)c2ccc(OC)c(OC)c2)cc(C(=O)OC)c1. The van der Waals surface area contributed by atoms with Crippen molar-refractivity contribution >= 4 is 39.2 Å². The van der Waals surface area contributed by atoms with Crippen molar-refractivity contribution in [2.45, 2.75) is 4.90 Å². The molecule has 0 saturated carbocycles. The molecular formula is C26H25FN2O9S. The molecule has 0 aliphatic carbocycles. The molecule has 39 heavy (non-hydrogen) atoms. The molecule has 0 atom stereocenters. The first-order valence-electron chi connectivity index (χ1n) is 11.2. The third-order valence-electron chi connectivity index (χ3n) is 5.41. The topological polar surface area (TPSA) is 138 Å². The minimum absolute atomic E-state index is 0.0275. The fourth-order valence-electron chi connectivity index (χ4n) is 3.56. The Hall–Kier alpha value is -4.65. The van der Waals surface area contributed by atoms with Crippen molar-refractivity contribution in [3.8, 4) is 11.5 Å². The first-order valence-corrected chi connectivity index (χ1v) is 12.6. The lowest BCUT2D eigenvalue weighted by molar-refractivity contribution is -0.114. The van der Waals surface area contributed by atoms with Crippen molar-refractivity contribution < 1.29 is 46.1 Å². The van der Waals surface area contributed by atoms with Gasteiger partial charge in [0.1, 0.15) is 12.4 Å². The highest BCUT2D eigenvalue weighted by Gasteiger charge is 2.30. The van der Waals surface area contributed by atoms with Gasteiger partial charge in [-0.2, -0.15) is 0 Å². The third kappa shape index (κ3) is 6.44. The molecule has 1 amide bonds. The zero-order valence-corrected chi connectivity index (χ0v) is 22.2. The van der Waals surface area contributed by atoms with E-state index in [1.165, 1.54) is 68.8 Å². The molecular weight excluding hydrogens is 535 g/mol. The number of hydrogen-bond acceptors (Lipinski definition) is 9. The highest BCUT2D eigenvalue weighted by Crippen LogP contribution is 2.33. The van der Waals surface area contributed by atoms with Gasteiger partial charge in [-0.3, -0.25) is 9.10 Å². The van der Waals surface area contributed by atoms with Crippen molar-refractivity contribution in [1.29, 1.82) is 0 Å². The number of sulfonamides is 1. The van der Waals surface area contributed by atoms with Crippen LogP contribution in [0.3, 0.4) is 0 Å². The van der Waals surface area contributed by atoms with Gasteiger partial charge in [-0.25, -0.2) is 22.4 Å². The fourth-order valence-corrected chi connectivity index (χ4v) is 5.00. The van der Waals surface area contributed by atoms with Gasteiger partial charge in [0.25, 0.3) is 10.0 Å². The third-order valence-corrected chi connectivity index (χ3v) is 7.17. The lowest BCUT2D eigenvalue weighted by Crippen LogP contribution is -2.38. The van der Waals surface area contributed by atoms with Crippen LogP contribution in [0.2, 0.25) is 0 Å². The maximum absolute atomic E-state index is 14.8. The second kappa shape index (κ2) is 12.3. The minimum atomic E-state index is -4.52. The van der Waals surface area contributed by atoms with Crippen LogP contribution in [-0.2, 0) is 24.3 Å². The summed E-state index contributed by atoms with van der Waals surface area (Å²) in [5, 5.41) is 2.44. The van der Waals surface area contributed by atoms with E-state index in [-0.39, 0.29) is 38.9 Å². The Balaban J connectivity index is 2.03. The number of carbonyl (C=O) groups is 3. The van der Waals surface area contributed by atoms with Crippen LogP contribution in [0.4, 0.5) is 15.8 Å². The van der Waals surface area contributed by atoms with Gasteiger partial charge in [-0.05, 0) is 42.5 Å². The standard InChI is InChI=1S/C26H25FN2O9S/c1-35-22-10-9-19(14-23(22)36-2)39(33,34)29(21-8-6-5-7-20(21)27)15-24(30)28-18-12-16(25(31)37-3)11-17(13-18)26(32)38-4/h5-14H,15H2,1-4H3,(H,28,30). The Morgan fingerprint density at radius 3 is 1.95 bits per heavy atom. The van der Waals surface area contributed by atoms with Crippen LogP contribution in [0.15, 0.2) is 65.6 Å². The monoisotopic (exact) mass is 560 g/mol. The molecule has 206 valence electrons. The fraction of sp³-hybridized carbons (Fsp3) is 0.192. The molecule has 3 rings (SSSR count). The molecule has 0 spiro atoms. The van der Waals surface area contributed by atoms with Gasteiger partial charge in [0.15, 0.2) is 11.5 Å². The molecule has 0 radical (unpaired) electrons. The van der Waals surface area contributed by atoms with E-state index in [1.54, 1.807) is 0 Å². The lowest BCUT2D eigenvalue weighted by atomic mass is 10.1. The minimum Gasteiger partial charge on any atom is -0.493 e. The highest BCUT2D eigenvalue weighted by atomic mass is 32.2. The number of carbonyl (C=O) groups excluding carboxylic acids is 3. The number of nitrogens with one attached hydrogen (secondary N) is 1. The number of nitrogens with zero attached hydrogens (tertiary/aromatic N) is 1. The molecule has 3 aromatic carbocycles. The Morgan fingerprint density at radius 2 is 1.41 bits per heavy atom. The smallest absolute Gasteiger partial charge is 0.337 e. The summed E-state index contributed by atoms with van der Waals surface area (Å²) >= 11 is 0. The van der Waals surface area contributed by atoms with Crippen molar-refractivity contribution in [3.63, 3.8) is 0 Å². The van der Waals surface area contributed by atoms with Crippen molar-refractivity contribution in [2.75, 3.05) is 44.6 Å². The van der Waals surface area contributed by atoms with Gasteiger partial charge in [0, 0.05) is 11.8 Å². The molecule has 0 bridgehead atoms. The van der Waals surface area contributed by atoms with Gasteiger partial charge >= 0.3 is 11.9 Å². The number of esters is 2. The Labute approximate surface area is 224 Å². The van der Waals surface area contributed by atoms with E-state index in [4.69, 9.17) is 9.47 Å². The number of rotatable bonds is 10. The number of ether oxygens (including phenoxy) is 4. The molecule has 0 aromatic heterocycles. The van der Waals surface area contributed by atoms with Crippen molar-refractivity contribution in [2.24, 2.45) is 0 Å². The maximum atomic E-state index is 14.8. The number of hydrogen-bond donors (Lipinski definition) is 1. The maximum Gasteiger partial charge on any atom is 0.337 e. The number of methoxy groups -OCH3 is 4. The summed E-state index contributed by atoms with van der Waals surface area (Å²) in [6, 6.07) is 12.5. The Morgan fingerprint density at radius 1 is 0.821 bits per heavy atom. The summed E-state index contributed by atoms with van der Waals surface area (Å²) in [5.41, 5.74) is -0.555. The number of halogens is 1. The molecule has 0 unspecified atom stereocenters. The van der Waals surface area contributed by atoms with Gasteiger partial charge in [0.2, 0.25) is 5.91 Å². The number of para-hydroxylation sites is 1. The predicted octanol–water partition coefficient (Wildman–Crippen LogP) is 3.25. The van der Waals surface area contributed by atoms with Crippen LogP contribution in [0.5, 0.6) is 11.5 Å². The average molecular weight is 561 g/mol. The van der Waals surface area contributed by atoms with E-state index >= 15 is 0 Å². The Bertz CT molecular complexity index is 1470. The highest BCUT2D eigenvalue weighted by molar-refractivity contribution is 7.92. The first kappa shape index (κ1) is 28.9. The van der Waals surface area contributed by atoms with E-state index in [2.05, 4.69) is 14.8 Å². The van der Waals surface area contributed by atoms with Crippen LogP contribution in [0.1, 0.15) is 20.7 Å². The van der Waals surface area contributed by atoms with E-state index in [0.717, 1.165) is 20.3 Å². The van der Waals surface area contributed by atoms with E-state index in [1.807, 2.05) is 0 Å². The summed E-state index contributed by atoms with van der Waals surface area (Å²) < 4.78 is 62.4. The zero-order chi connectivity index (χ0) is 28.7. The largest absolute Gasteiger partial charge is 0.493 e. The van der Waals surface area contributed by atoms with Crippen molar-refractivity contribution in [3.05, 3.63) is 77.6 Å². The predicted molar refractivity (Wildman–Crippen MR) is 138 cm³/mol. The number of amides is 1. The van der Waals surface area contributed by atoms with Crippen LogP contribution in [0, 0.1) is 5.82 Å². The summed E-state index contributed by atoms with van der Waals surface area (Å²) in [4.78, 5) is 36.9. The number of anilines is 2. The van der Waals surface area contributed by atoms with Gasteiger partial charge in [-0.15, -0.1) is 0 Å². The molecule has 0 aliphatic heterocycles. The molecule has 0 fully saturated rings. The molecule has 0 aliphatic rings. The average Bonchev–Trinajstić information content (AvgIpc) is 2.94. The van der Waals surface area contributed by atoms with E-state index in [0.29, 0.717) is 4.31 Å². The molecule has 1 N–H and O–H groups in total. The normalized spacial score (nSPS) is 10.8. The van der Waals surface area contributed by atoms with Crippen LogP contribution in [-0.4, -0.2) is 61.2 Å². The molecule has 3 aromatic rings. The number of benzene rings is 3. The summed E-state index contributed by atoms with van der Waals surface area (Å²) in [5.74, 6) is -3.01. The lowest BCUT2D eigenvalue weighted by Gasteiger charge is -2.25. The first-order chi connectivity index (χ1) is 18.5. The zero-order valence-electron chi connectivity index (χ0n) is 21.4. The molecule has 13 heteroatoms.